The summed E-state index contributed by atoms with van der Waals surface area (Å²) in [5.41, 5.74) is 1.93. The lowest BCUT2D eigenvalue weighted by molar-refractivity contribution is 0.102. The number of carbonyl (C=O) groups excluding carboxylic acids is 1. The van der Waals surface area contributed by atoms with Gasteiger partial charge < -0.3 is 5.32 Å². The van der Waals surface area contributed by atoms with Gasteiger partial charge in [-0.3, -0.25) is 14.4 Å². The van der Waals surface area contributed by atoms with Crippen molar-refractivity contribution in [3.05, 3.63) is 114 Å². The van der Waals surface area contributed by atoms with Gasteiger partial charge in [0.15, 0.2) is 0 Å². The second-order valence-corrected chi connectivity index (χ2v) is 13.1. The van der Waals surface area contributed by atoms with Gasteiger partial charge in [-0.2, -0.15) is 4.31 Å². The Morgan fingerprint density at radius 3 is 2.02 bits per heavy atom. The summed E-state index contributed by atoms with van der Waals surface area (Å²) in [5.74, 6) is -0.106. The number of rotatable bonds is 9. The van der Waals surface area contributed by atoms with Crippen molar-refractivity contribution in [2.24, 2.45) is 0 Å². The van der Waals surface area contributed by atoms with Crippen LogP contribution in [0.3, 0.4) is 0 Å². The molecular weight excluding hydrogens is 562 g/mol. The van der Waals surface area contributed by atoms with Gasteiger partial charge in [0.05, 0.1) is 9.79 Å². The van der Waals surface area contributed by atoms with E-state index >= 15 is 0 Å². The maximum absolute atomic E-state index is 12.9. The first-order valence-corrected chi connectivity index (χ1v) is 15.8. The Hall–Kier alpha value is -4.10. The minimum atomic E-state index is -3.81. The average Bonchev–Trinajstić information content (AvgIpc) is 2.99. The van der Waals surface area contributed by atoms with Crippen LogP contribution in [0.2, 0.25) is 0 Å². The van der Waals surface area contributed by atoms with E-state index in [0.717, 1.165) is 5.56 Å². The number of pyridine rings is 1. The molecule has 41 heavy (non-hydrogen) atoms. The molecule has 2 N–H and O–H groups in total. The lowest BCUT2D eigenvalue weighted by Crippen LogP contribution is -2.48. The first-order valence-electron chi connectivity index (χ1n) is 12.9. The molecule has 0 bridgehead atoms. The molecule has 0 unspecified atom stereocenters. The van der Waals surface area contributed by atoms with Crippen LogP contribution in [0.15, 0.2) is 113 Å². The van der Waals surface area contributed by atoms with Crippen molar-refractivity contribution >= 4 is 37.5 Å². The van der Waals surface area contributed by atoms with E-state index in [1.807, 2.05) is 12.1 Å². The summed E-state index contributed by atoms with van der Waals surface area (Å²) in [6.45, 7) is 2.69. The Labute approximate surface area is 239 Å². The normalized spacial score (nSPS) is 14.8. The van der Waals surface area contributed by atoms with E-state index in [-0.39, 0.29) is 16.6 Å². The number of piperazine rings is 1. The van der Waals surface area contributed by atoms with Crippen LogP contribution < -0.4 is 10.0 Å². The minimum Gasteiger partial charge on any atom is -0.322 e. The molecule has 0 aliphatic carbocycles. The number of sulfonamides is 2. The topological polar surface area (TPSA) is 129 Å². The van der Waals surface area contributed by atoms with E-state index < -0.39 is 20.0 Å². The van der Waals surface area contributed by atoms with E-state index in [0.29, 0.717) is 48.9 Å². The van der Waals surface area contributed by atoms with Crippen LogP contribution in [-0.4, -0.2) is 63.1 Å². The average molecular weight is 592 g/mol. The van der Waals surface area contributed by atoms with Crippen LogP contribution in [0.25, 0.3) is 0 Å². The molecule has 1 fully saturated rings. The molecule has 1 aliphatic heterocycles. The maximum atomic E-state index is 12.9. The smallest absolute Gasteiger partial charge is 0.263 e. The zero-order chi connectivity index (χ0) is 28.9. The van der Waals surface area contributed by atoms with Crippen LogP contribution in [0.4, 0.5) is 11.5 Å². The quantitative estimate of drug-likeness (QED) is 0.304. The van der Waals surface area contributed by atoms with Crippen molar-refractivity contribution in [3.8, 4) is 0 Å². The van der Waals surface area contributed by atoms with Crippen molar-refractivity contribution in [3.63, 3.8) is 0 Å². The third-order valence-electron chi connectivity index (χ3n) is 6.66. The predicted molar refractivity (Wildman–Crippen MR) is 156 cm³/mol. The van der Waals surface area contributed by atoms with Crippen molar-refractivity contribution in [2.45, 2.75) is 16.3 Å². The first kappa shape index (κ1) is 28.4. The molecule has 1 saturated heterocycles. The standard InChI is InChI=1S/C29H29N5O5S2/c35-29(31-25-13-15-26(16-14-25)40(36,37)32-28-8-4-5-17-30-28)24-11-9-23(10-12-24)22-33-18-20-34(21-19-33)41(38,39)27-6-2-1-3-7-27/h1-17H,18-22H2,(H,30,32)(H,31,35). The second kappa shape index (κ2) is 12.2. The zero-order valence-electron chi connectivity index (χ0n) is 22.0. The molecule has 12 heteroatoms. The molecule has 0 radical (unpaired) electrons. The summed E-state index contributed by atoms with van der Waals surface area (Å²) in [5, 5.41) is 2.78. The van der Waals surface area contributed by atoms with Crippen LogP contribution in [-0.2, 0) is 26.6 Å². The van der Waals surface area contributed by atoms with Crippen molar-refractivity contribution in [1.29, 1.82) is 0 Å². The van der Waals surface area contributed by atoms with Crippen molar-refractivity contribution in [1.82, 2.24) is 14.2 Å². The number of hydrogen-bond acceptors (Lipinski definition) is 7. The molecule has 0 saturated carbocycles. The number of nitrogens with one attached hydrogen (secondary N) is 2. The van der Waals surface area contributed by atoms with Gasteiger partial charge in [-0.25, -0.2) is 21.8 Å². The summed E-state index contributed by atoms with van der Waals surface area (Å²) in [6, 6.07) is 26.5. The lowest BCUT2D eigenvalue weighted by atomic mass is 10.1. The molecular formula is C29H29N5O5S2. The van der Waals surface area contributed by atoms with Gasteiger partial charge in [-0.15, -0.1) is 0 Å². The summed E-state index contributed by atoms with van der Waals surface area (Å²) in [7, 11) is -7.31. The molecule has 212 valence electrons. The van der Waals surface area contributed by atoms with Gasteiger partial charge >= 0.3 is 0 Å². The third kappa shape index (κ3) is 6.98. The molecule has 0 atom stereocenters. The van der Waals surface area contributed by atoms with Gasteiger partial charge in [0.2, 0.25) is 10.0 Å². The van der Waals surface area contributed by atoms with E-state index in [9.17, 15) is 21.6 Å². The largest absolute Gasteiger partial charge is 0.322 e. The SMILES string of the molecule is O=C(Nc1ccc(S(=O)(=O)Nc2ccccn2)cc1)c1ccc(CN2CCN(S(=O)(=O)c3ccccc3)CC2)cc1. The number of amides is 1. The predicted octanol–water partition coefficient (Wildman–Crippen LogP) is 3.64. The van der Waals surface area contributed by atoms with Gasteiger partial charge in [-0.1, -0.05) is 36.4 Å². The molecule has 5 rings (SSSR count). The molecule has 10 nitrogen and oxygen atoms in total. The number of anilines is 2. The number of aromatic nitrogens is 1. The first-order chi connectivity index (χ1) is 19.7. The molecule has 0 spiro atoms. The number of hydrogen-bond donors (Lipinski definition) is 2. The number of benzene rings is 3. The molecule has 1 aromatic heterocycles. The Kier molecular flexibility index (Phi) is 8.45. The highest BCUT2D eigenvalue weighted by Crippen LogP contribution is 2.20. The summed E-state index contributed by atoms with van der Waals surface area (Å²) >= 11 is 0. The van der Waals surface area contributed by atoms with Gasteiger partial charge in [0.25, 0.3) is 15.9 Å². The zero-order valence-corrected chi connectivity index (χ0v) is 23.7. The number of nitrogens with zero attached hydrogens (tertiary/aromatic N) is 3. The fourth-order valence-electron chi connectivity index (χ4n) is 4.43. The Morgan fingerprint density at radius 1 is 0.732 bits per heavy atom. The summed E-state index contributed by atoms with van der Waals surface area (Å²) < 4.78 is 54.8. The summed E-state index contributed by atoms with van der Waals surface area (Å²) in [6.07, 6.45) is 1.49. The van der Waals surface area contributed by atoms with Crippen LogP contribution >= 0.6 is 0 Å². The fourth-order valence-corrected chi connectivity index (χ4v) is 6.88. The Bertz CT molecular complexity index is 1690. The van der Waals surface area contributed by atoms with E-state index in [1.165, 1.54) is 34.8 Å². The second-order valence-electron chi connectivity index (χ2n) is 9.49. The van der Waals surface area contributed by atoms with E-state index in [2.05, 4.69) is 19.9 Å². The van der Waals surface area contributed by atoms with Gasteiger partial charge in [-0.05, 0) is 66.2 Å². The Balaban J connectivity index is 1.13. The van der Waals surface area contributed by atoms with Crippen LogP contribution in [0.1, 0.15) is 15.9 Å². The minimum absolute atomic E-state index is 0.0454. The van der Waals surface area contributed by atoms with Crippen molar-refractivity contribution in [2.75, 3.05) is 36.2 Å². The monoisotopic (exact) mass is 591 g/mol. The molecule has 1 aliphatic rings. The maximum Gasteiger partial charge on any atom is 0.263 e. The van der Waals surface area contributed by atoms with Crippen molar-refractivity contribution < 1.29 is 21.6 Å². The third-order valence-corrected chi connectivity index (χ3v) is 9.94. The highest BCUT2D eigenvalue weighted by molar-refractivity contribution is 7.92. The summed E-state index contributed by atoms with van der Waals surface area (Å²) in [4.78, 5) is 19.3. The number of carbonyl (C=O) groups is 1. The molecule has 3 aromatic carbocycles. The highest BCUT2D eigenvalue weighted by Gasteiger charge is 2.28. The molecule has 4 aromatic rings. The molecule has 1 amide bonds. The molecule has 2 heterocycles. The highest BCUT2D eigenvalue weighted by atomic mass is 32.2. The van der Waals surface area contributed by atoms with E-state index in [1.54, 1.807) is 60.7 Å². The van der Waals surface area contributed by atoms with Gasteiger partial charge in [0.1, 0.15) is 5.82 Å². The Morgan fingerprint density at radius 2 is 1.39 bits per heavy atom. The fraction of sp³-hybridized carbons (Fsp3) is 0.172. The lowest BCUT2D eigenvalue weighted by Gasteiger charge is -2.34. The van der Waals surface area contributed by atoms with Crippen LogP contribution in [0.5, 0.6) is 0 Å². The van der Waals surface area contributed by atoms with E-state index in [4.69, 9.17) is 0 Å². The van der Waals surface area contributed by atoms with Crippen LogP contribution in [0, 0.1) is 0 Å². The van der Waals surface area contributed by atoms with Gasteiger partial charge in [0, 0.05) is 50.2 Å².